The first-order chi connectivity index (χ1) is 8.81. The van der Waals surface area contributed by atoms with E-state index < -0.39 is 0 Å². The van der Waals surface area contributed by atoms with Crippen LogP contribution in [0, 0.1) is 0 Å². The Hall–Kier alpha value is -0.650. The lowest BCUT2D eigenvalue weighted by Gasteiger charge is -2.36. The highest BCUT2D eigenvalue weighted by Gasteiger charge is 2.26. The van der Waals surface area contributed by atoms with Gasteiger partial charge in [-0.15, -0.1) is 0 Å². The van der Waals surface area contributed by atoms with Crippen LogP contribution in [0.5, 0.6) is 0 Å². The van der Waals surface area contributed by atoms with E-state index in [1.807, 2.05) is 4.90 Å². The molecule has 1 unspecified atom stereocenters. The lowest BCUT2D eigenvalue weighted by Crippen LogP contribution is -2.51. The Morgan fingerprint density at radius 2 is 2.22 bits per heavy atom. The number of hydrogen-bond donors (Lipinski definition) is 1. The Morgan fingerprint density at radius 3 is 3.06 bits per heavy atom. The second-order valence-corrected chi connectivity index (χ2v) is 5.10. The Bertz CT molecular complexity index is 265. The zero-order valence-electron chi connectivity index (χ0n) is 11.4. The summed E-state index contributed by atoms with van der Waals surface area (Å²) in [6.07, 6.45) is 2.11. The van der Waals surface area contributed by atoms with Gasteiger partial charge < -0.3 is 15.0 Å². The molecule has 2 aliphatic rings. The predicted molar refractivity (Wildman–Crippen MR) is 70.5 cm³/mol. The van der Waals surface area contributed by atoms with Gasteiger partial charge in [-0.1, -0.05) is 6.92 Å². The molecule has 18 heavy (non-hydrogen) atoms. The first-order valence-electron chi connectivity index (χ1n) is 7.11. The molecule has 2 aliphatic heterocycles. The van der Waals surface area contributed by atoms with Crippen LogP contribution in [0.4, 0.5) is 0 Å². The van der Waals surface area contributed by atoms with E-state index in [1.165, 1.54) is 0 Å². The van der Waals surface area contributed by atoms with Crippen molar-refractivity contribution in [3.8, 4) is 0 Å². The molecule has 0 aromatic heterocycles. The largest absolute Gasteiger partial charge is 0.377 e. The molecule has 0 aromatic carbocycles. The van der Waals surface area contributed by atoms with Crippen LogP contribution in [-0.2, 0) is 9.53 Å². The van der Waals surface area contributed by atoms with E-state index in [2.05, 4.69) is 17.1 Å². The molecule has 0 saturated carbocycles. The highest BCUT2D eigenvalue weighted by molar-refractivity contribution is 5.78. The molecule has 104 valence electrons. The molecule has 2 heterocycles. The summed E-state index contributed by atoms with van der Waals surface area (Å²) in [5.74, 6) is 0.270. The number of amides is 1. The third-order valence-electron chi connectivity index (χ3n) is 3.81. The summed E-state index contributed by atoms with van der Waals surface area (Å²) in [6.45, 7) is 8.89. The monoisotopic (exact) mass is 255 g/mol. The van der Waals surface area contributed by atoms with Crippen molar-refractivity contribution in [1.82, 2.24) is 15.1 Å². The quantitative estimate of drug-likeness (QED) is 0.766. The number of ether oxygens (including phenoxy) is 1. The molecule has 2 saturated heterocycles. The van der Waals surface area contributed by atoms with Crippen LogP contribution in [-0.4, -0.2) is 74.2 Å². The summed E-state index contributed by atoms with van der Waals surface area (Å²) in [4.78, 5) is 16.6. The van der Waals surface area contributed by atoms with Gasteiger partial charge in [0.2, 0.25) is 5.91 Å². The Balaban J connectivity index is 1.85. The number of hydrogen-bond acceptors (Lipinski definition) is 4. The lowest BCUT2D eigenvalue weighted by molar-refractivity contribution is -0.141. The fraction of sp³-hybridized carbons (Fsp3) is 0.923. The molecule has 2 fully saturated rings. The van der Waals surface area contributed by atoms with Crippen molar-refractivity contribution in [2.75, 3.05) is 52.5 Å². The molecule has 0 spiro atoms. The molecule has 0 radical (unpaired) electrons. The van der Waals surface area contributed by atoms with E-state index in [9.17, 15) is 4.79 Å². The molecule has 5 nitrogen and oxygen atoms in total. The molecule has 1 N–H and O–H groups in total. The Kier molecular flexibility index (Phi) is 5.41. The second kappa shape index (κ2) is 7.07. The maximum absolute atomic E-state index is 12.4. The zero-order valence-corrected chi connectivity index (χ0v) is 11.4. The van der Waals surface area contributed by atoms with Crippen molar-refractivity contribution in [1.29, 1.82) is 0 Å². The maximum atomic E-state index is 12.4. The Labute approximate surface area is 109 Å². The summed E-state index contributed by atoms with van der Waals surface area (Å²) in [5, 5.41) is 3.36. The number of rotatable bonds is 3. The summed E-state index contributed by atoms with van der Waals surface area (Å²) in [6, 6.07) is 0.274. The van der Waals surface area contributed by atoms with Gasteiger partial charge in [-0.05, 0) is 25.9 Å². The molecule has 1 atom stereocenters. The maximum Gasteiger partial charge on any atom is 0.237 e. The standard InChI is InChI=1S/C13H25N3O2/c1-2-12-11-18-9-8-16(12)13(17)10-15-6-3-4-14-5-7-15/h12,14H,2-11H2,1H3. The highest BCUT2D eigenvalue weighted by atomic mass is 16.5. The first kappa shape index (κ1) is 13.8. The van der Waals surface area contributed by atoms with Crippen LogP contribution in [0.15, 0.2) is 0 Å². The van der Waals surface area contributed by atoms with Crippen LogP contribution in [0.2, 0.25) is 0 Å². The van der Waals surface area contributed by atoms with Crippen molar-refractivity contribution in [3.63, 3.8) is 0 Å². The summed E-state index contributed by atoms with van der Waals surface area (Å²) < 4.78 is 5.45. The van der Waals surface area contributed by atoms with Crippen LogP contribution in [0.1, 0.15) is 19.8 Å². The van der Waals surface area contributed by atoms with E-state index in [0.717, 1.165) is 45.6 Å². The Morgan fingerprint density at radius 1 is 1.33 bits per heavy atom. The number of nitrogens with one attached hydrogen (secondary N) is 1. The van der Waals surface area contributed by atoms with Gasteiger partial charge in [0.1, 0.15) is 0 Å². The predicted octanol–water partition coefficient (Wildman–Crippen LogP) is -0.0809. The third-order valence-corrected chi connectivity index (χ3v) is 3.81. The van der Waals surface area contributed by atoms with Crippen LogP contribution >= 0.6 is 0 Å². The molecule has 0 bridgehead atoms. The van der Waals surface area contributed by atoms with Crippen LogP contribution < -0.4 is 5.32 Å². The number of nitrogens with zero attached hydrogens (tertiary/aromatic N) is 2. The van der Waals surface area contributed by atoms with Gasteiger partial charge in [0.05, 0.1) is 25.8 Å². The molecule has 2 rings (SSSR count). The van der Waals surface area contributed by atoms with Gasteiger partial charge in [-0.2, -0.15) is 0 Å². The SMILES string of the molecule is CCC1COCCN1C(=O)CN1CCCNCC1. The van der Waals surface area contributed by atoms with E-state index in [0.29, 0.717) is 19.8 Å². The topological polar surface area (TPSA) is 44.8 Å². The van der Waals surface area contributed by atoms with E-state index in [1.54, 1.807) is 0 Å². The molecule has 5 heteroatoms. The summed E-state index contributed by atoms with van der Waals surface area (Å²) in [7, 11) is 0. The average molecular weight is 255 g/mol. The average Bonchev–Trinajstić information content (AvgIpc) is 2.67. The molecular weight excluding hydrogens is 230 g/mol. The molecule has 1 amide bonds. The van der Waals surface area contributed by atoms with Gasteiger partial charge in [-0.25, -0.2) is 0 Å². The van der Waals surface area contributed by atoms with Crippen molar-refractivity contribution in [2.45, 2.75) is 25.8 Å². The van der Waals surface area contributed by atoms with E-state index in [4.69, 9.17) is 4.74 Å². The lowest BCUT2D eigenvalue weighted by atomic mass is 10.1. The minimum Gasteiger partial charge on any atom is -0.377 e. The smallest absolute Gasteiger partial charge is 0.237 e. The number of morpholine rings is 1. The van der Waals surface area contributed by atoms with E-state index in [-0.39, 0.29) is 11.9 Å². The van der Waals surface area contributed by atoms with E-state index >= 15 is 0 Å². The molecular formula is C13H25N3O2. The second-order valence-electron chi connectivity index (χ2n) is 5.10. The van der Waals surface area contributed by atoms with Crippen molar-refractivity contribution in [2.24, 2.45) is 0 Å². The first-order valence-corrected chi connectivity index (χ1v) is 7.11. The van der Waals surface area contributed by atoms with Gasteiger partial charge in [0.15, 0.2) is 0 Å². The third kappa shape index (κ3) is 3.67. The van der Waals surface area contributed by atoms with Crippen molar-refractivity contribution in [3.05, 3.63) is 0 Å². The normalized spacial score (nSPS) is 26.9. The minimum atomic E-state index is 0.270. The van der Waals surface area contributed by atoms with Crippen LogP contribution in [0.25, 0.3) is 0 Å². The van der Waals surface area contributed by atoms with Gasteiger partial charge in [0.25, 0.3) is 0 Å². The van der Waals surface area contributed by atoms with Gasteiger partial charge in [0, 0.05) is 19.6 Å². The zero-order chi connectivity index (χ0) is 12.8. The van der Waals surface area contributed by atoms with Crippen molar-refractivity contribution >= 4 is 5.91 Å². The van der Waals surface area contributed by atoms with Gasteiger partial charge in [-0.3, -0.25) is 9.69 Å². The summed E-state index contributed by atoms with van der Waals surface area (Å²) in [5.41, 5.74) is 0. The van der Waals surface area contributed by atoms with Gasteiger partial charge >= 0.3 is 0 Å². The molecule has 0 aliphatic carbocycles. The number of carbonyl (C=O) groups excluding carboxylic acids is 1. The molecule has 0 aromatic rings. The fourth-order valence-electron chi connectivity index (χ4n) is 2.66. The fourth-order valence-corrected chi connectivity index (χ4v) is 2.66. The number of carbonyl (C=O) groups is 1. The summed E-state index contributed by atoms with van der Waals surface area (Å²) >= 11 is 0. The highest BCUT2D eigenvalue weighted by Crippen LogP contribution is 2.11. The minimum absolute atomic E-state index is 0.270. The van der Waals surface area contributed by atoms with Crippen molar-refractivity contribution < 1.29 is 9.53 Å². The van der Waals surface area contributed by atoms with Crippen LogP contribution in [0.3, 0.4) is 0 Å².